The molecule has 1 aliphatic rings. The first-order chi connectivity index (χ1) is 12.0. The summed E-state index contributed by atoms with van der Waals surface area (Å²) >= 11 is 0. The maximum Gasteiger partial charge on any atom is 0.320 e. The lowest BCUT2D eigenvalue weighted by molar-refractivity contribution is 0.241. The molecule has 0 unspecified atom stereocenters. The van der Waals surface area contributed by atoms with Gasteiger partial charge in [-0.3, -0.25) is 10.6 Å². The normalized spacial score (nSPS) is 14.6. The third kappa shape index (κ3) is 4.96. The Kier molecular flexibility index (Phi) is 4.87. The van der Waals surface area contributed by atoms with Crippen molar-refractivity contribution in [3.63, 3.8) is 0 Å². The minimum Gasteiger partial charge on any atom is -0.360 e. The number of aryl methyl sites for hydroxylation is 2. The van der Waals surface area contributed by atoms with Gasteiger partial charge in [-0.25, -0.2) is 9.59 Å². The molecule has 1 fully saturated rings. The molecule has 10 nitrogen and oxygen atoms in total. The first kappa shape index (κ1) is 16.8. The van der Waals surface area contributed by atoms with E-state index in [2.05, 4.69) is 31.6 Å². The summed E-state index contributed by atoms with van der Waals surface area (Å²) in [6.45, 7) is 3.78. The van der Waals surface area contributed by atoms with E-state index in [0.29, 0.717) is 35.6 Å². The Hall–Kier alpha value is -3.04. The van der Waals surface area contributed by atoms with Gasteiger partial charge in [0.15, 0.2) is 11.6 Å². The van der Waals surface area contributed by atoms with Gasteiger partial charge in [0, 0.05) is 18.7 Å². The highest BCUT2D eigenvalue weighted by molar-refractivity contribution is 5.89. The SMILES string of the molecule is Cc1cc(NC(=O)NC[C@@H](NC(=O)Nc2cc(C)on2)C2CC2)no1. The van der Waals surface area contributed by atoms with E-state index < -0.39 is 6.03 Å². The number of urea groups is 2. The van der Waals surface area contributed by atoms with Crippen LogP contribution in [0.5, 0.6) is 0 Å². The zero-order chi connectivity index (χ0) is 17.8. The Balaban J connectivity index is 1.46. The minimum atomic E-state index is -0.409. The second kappa shape index (κ2) is 7.24. The quantitative estimate of drug-likeness (QED) is 0.631. The van der Waals surface area contributed by atoms with Crippen LogP contribution in [-0.4, -0.2) is 35.0 Å². The molecule has 2 heterocycles. The molecule has 134 valence electrons. The zero-order valence-corrected chi connectivity index (χ0v) is 14.0. The van der Waals surface area contributed by atoms with Gasteiger partial charge in [0.1, 0.15) is 11.5 Å². The molecule has 0 radical (unpaired) electrons. The second-order valence-electron chi connectivity index (χ2n) is 6.02. The monoisotopic (exact) mass is 348 g/mol. The Labute approximate surface area is 143 Å². The molecular weight excluding hydrogens is 328 g/mol. The molecule has 0 bridgehead atoms. The minimum absolute atomic E-state index is 0.169. The number of carbonyl (C=O) groups is 2. The van der Waals surface area contributed by atoms with E-state index in [4.69, 9.17) is 9.05 Å². The predicted octanol–water partition coefficient (Wildman–Crippen LogP) is 2.00. The van der Waals surface area contributed by atoms with Crippen molar-refractivity contribution >= 4 is 23.7 Å². The van der Waals surface area contributed by atoms with Gasteiger partial charge >= 0.3 is 12.1 Å². The molecule has 0 saturated heterocycles. The standard InChI is InChI=1S/C15H20N6O4/c1-8-5-12(20-24-8)18-14(22)16-7-11(10-3-4-10)17-15(23)19-13-6-9(2)25-21-13/h5-6,10-11H,3-4,7H2,1-2H3,(H2,16,18,20,22)(H2,17,19,21,23)/t11-/m1/s1. The van der Waals surface area contributed by atoms with Crippen molar-refractivity contribution in [1.82, 2.24) is 20.9 Å². The summed E-state index contributed by atoms with van der Waals surface area (Å²) in [5.74, 6) is 2.24. The van der Waals surface area contributed by atoms with Gasteiger partial charge in [-0.15, -0.1) is 0 Å². The Bertz CT molecular complexity index is 751. The molecule has 2 aromatic rings. The van der Waals surface area contributed by atoms with Crippen LogP contribution in [0.2, 0.25) is 0 Å². The molecule has 25 heavy (non-hydrogen) atoms. The van der Waals surface area contributed by atoms with Gasteiger partial charge in [-0.05, 0) is 32.6 Å². The van der Waals surface area contributed by atoms with Crippen LogP contribution < -0.4 is 21.3 Å². The molecule has 1 aliphatic carbocycles. The van der Waals surface area contributed by atoms with Crippen molar-refractivity contribution < 1.29 is 18.6 Å². The van der Waals surface area contributed by atoms with Gasteiger partial charge in [-0.1, -0.05) is 10.3 Å². The van der Waals surface area contributed by atoms with Gasteiger partial charge in [0.05, 0.1) is 6.04 Å². The molecule has 0 aromatic carbocycles. The van der Waals surface area contributed by atoms with E-state index >= 15 is 0 Å². The molecule has 1 saturated carbocycles. The topological polar surface area (TPSA) is 134 Å². The van der Waals surface area contributed by atoms with E-state index in [0.717, 1.165) is 12.8 Å². The van der Waals surface area contributed by atoms with Crippen LogP contribution >= 0.6 is 0 Å². The largest absolute Gasteiger partial charge is 0.360 e. The maximum absolute atomic E-state index is 12.0. The number of amides is 4. The highest BCUT2D eigenvalue weighted by Gasteiger charge is 2.32. The van der Waals surface area contributed by atoms with Gasteiger partial charge in [0.25, 0.3) is 0 Å². The third-order valence-corrected chi connectivity index (χ3v) is 3.73. The summed E-state index contributed by atoms with van der Waals surface area (Å²) < 4.78 is 9.77. The first-order valence-electron chi connectivity index (χ1n) is 7.98. The maximum atomic E-state index is 12.0. The highest BCUT2D eigenvalue weighted by atomic mass is 16.5. The molecule has 4 N–H and O–H groups in total. The van der Waals surface area contributed by atoms with Crippen LogP contribution in [0.4, 0.5) is 21.2 Å². The van der Waals surface area contributed by atoms with Crippen molar-refractivity contribution in [2.75, 3.05) is 17.2 Å². The van der Waals surface area contributed by atoms with Crippen LogP contribution in [0.15, 0.2) is 21.2 Å². The molecule has 1 atom stereocenters. The van der Waals surface area contributed by atoms with E-state index in [1.54, 1.807) is 26.0 Å². The highest BCUT2D eigenvalue weighted by Crippen LogP contribution is 2.32. The summed E-state index contributed by atoms with van der Waals surface area (Å²) in [5.41, 5.74) is 0. The van der Waals surface area contributed by atoms with E-state index in [-0.39, 0.29) is 12.1 Å². The smallest absolute Gasteiger partial charge is 0.320 e. The fourth-order valence-corrected chi connectivity index (χ4v) is 2.37. The molecule has 0 aliphatic heterocycles. The van der Waals surface area contributed by atoms with Crippen LogP contribution in [-0.2, 0) is 0 Å². The number of aromatic nitrogens is 2. The van der Waals surface area contributed by atoms with Gasteiger partial charge in [-0.2, -0.15) is 0 Å². The Morgan fingerprint density at radius 1 is 1.08 bits per heavy atom. The second-order valence-corrected chi connectivity index (χ2v) is 6.02. The van der Waals surface area contributed by atoms with Gasteiger partial charge in [0.2, 0.25) is 0 Å². The summed E-state index contributed by atoms with van der Waals surface area (Å²) in [5, 5.41) is 18.1. The van der Waals surface area contributed by atoms with Gasteiger partial charge < -0.3 is 19.7 Å². The van der Waals surface area contributed by atoms with Crippen molar-refractivity contribution in [2.45, 2.75) is 32.7 Å². The molecule has 2 aromatic heterocycles. The predicted molar refractivity (Wildman–Crippen MR) is 88.2 cm³/mol. The number of nitrogens with zero attached hydrogens (tertiary/aromatic N) is 2. The lowest BCUT2D eigenvalue weighted by Crippen LogP contribution is -2.47. The number of nitrogens with one attached hydrogen (secondary N) is 4. The third-order valence-electron chi connectivity index (χ3n) is 3.73. The first-order valence-corrected chi connectivity index (χ1v) is 7.98. The fraction of sp³-hybridized carbons (Fsp3) is 0.467. The zero-order valence-electron chi connectivity index (χ0n) is 14.0. The van der Waals surface area contributed by atoms with Crippen molar-refractivity contribution in [1.29, 1.82) is 0 Å². The van der Waals surface area contributed by atoms with Crippen molar-refractivity contribution in [2.24, 2.45) is 5.92 Å². The number of anilines is 2. The fourth-order valence-electron chi connectivity index (χ4n) is 2.37. The van der Waals surface area contributed by atoms with Crippen LogP contribution in [0.3, 0.4) is 0 Å². The summed E-state index contributed by atoms with van der Waals surface area (Å²) in [4.78, 5) is 23.9. The molecule has 4 amide bonds. The lowest BCUT2D eigenvalue weighted by Gasteiger charge is -2.18. The van der Waals surface area contributed by atoms with Crippen molar-refractivity contribution in [3.8, 4) is 0 Å². The average Bonchev–Trinajstić information content (AvgIpc) is 3.21. The Morgan fingerprint density at radius 2 is 1.64 bits per heavy atom. The number of hydrogen-bond acceptors (Lipinski definition) is 6. The number of hydrogen-bond donors (Lipinski definition) is 4. The van der Waals surface area contributed by atoms with Crippen LogP contribution in [0.1, 0.15) is 24.4 Å². The average molecular weight is 348 g/mol. The van der Waals surface area contributed by atoms with Crippen LogP contribution in [0, 0.1) is 19.8 Å². The molecule has 3 rings (SSSR count). The van der Waals surface area contributed by atoms with E-state index in [1.165, 1.54) is 0 Å². The lowest BCUT2D eigenvalue weighted by atomic mass is 10.2. The number of rotatable bonds is 6. The molecule has 0 spiro atoms. The summed E-state index contributed by atoms with van der Waals surface area (Å²) in [7, 11) is 0. The molecular formula is C15H20N6O4. The molecule has 10 heteroatoms. The summed E-state index contributed by atoms with van der Waals surface area (Å²) in [6, 6.07) is 2.27. The van der Waals surface area contributed by atoms with Crippen LogP contribution in [0.25, 0.3) is 0 Å². The number of carbonyl (C=O) groups excluding carboxylic acids is 2. The Morgan fingerprint density at radius 3 is 2.12 bits per heavy atom. The van der Waals surface area contributed by atoms with E-state index in [9.17, 15) is 9.59 Å². The van der Waals surface area contributed by atoms with Crippen molar-refractivity contribution in [3.05, 3.63) is 23.7 Å². The summed E-state index contributed by atoms with van der Waals surface area (Å²) in [6.07, 6.45) is 2.03. The van der Waals surface area contributed by atoms with E-state index in [1.807, 2.05) is 0 Å².